The van der Waals surface area contributed by atoms with Gasteiger partial charge in [0.2, 0.25) is 0 Å². The van der Waals surface area contributed by atoms with Gasteiger partial charge in [-0.2, -0.15) is 5.26 Å². The third kappa shape index (κ3) is 5.97. The van der Waals surface area contributed by atoms with Gasteiger partial charge in [0.15, 0.2) is 5.78 Å². The van der Waals surface area contributed by atoms with Crippen molar-refractivity contribution in [3.8, 4) is 6.07 Å². The Morgan fingerprint density at radius 3 is 2.55 bits per heavy atom. The first-order valence-electron chi connectivity index (χ1n) is 7.61. The molecule has 1 heterocycles. The lowest BCUT2D eigenvalue weighted by molar-refractivity contribution is -0.119. The van der Waals surface area contributed by atoms with Crippen LogP contribution in [0.3, 0.4) is 0 Å². The van der Waals surface area contributed by atoms with Crippen LogP contribution in [-0.2, 0) is 4.79 Å². The van der Waals surface area contributed by atoms with Gasteiger partial charge in [-0.15, -0.1) is 0 Å². The Morgan fingerprint density at radius 1 is 1.25 bits per heavy atom. The maximum Gasteiger partial charge on any atom is 0.154 e. The number of carbonyl (C=O) groups is 1. The number of pyridine rings is 1. The summed E-state index contributed by atoms with van der Waals surface area (Å²) in [6, 6.07) is 5.66. The average molecular weight is 272 g/mol. The summed E-state index contributed by atoms with van der Waals surface area (Å²) >= 11 is 0. The normalized spacial score (nSPS) is 11.8. The summed E-state index contributed by atoms with van der Waals surface area (Å²) in [5.41, 5.74) is 0.711. The van der Waals surface area contributed by atoms with Gasteiger partial charge in [-0.25, -0.2) is 0 Å². The second-order valence-corrected chi connectivity index (χ2v) is 5.19. The lowest BCUT2D eigenvalue weighted by Gasteiger charge is -2.07. The summed E-state index contributed by atoms with van der Waals surface area (Å²) < 4.78 is 0. The fourth-order valence-corrected chi connectivity index (χ4v) is 2.28. The molecule has 0 radical (unpaired) electrons. The molecule has 0 aliphatic carbocycles. The third-order valence-corrected chi connectivity index (χ3v) is 3.50. The summed E-state index contributed by atoms with van der Waals surface area (Å²) in [6.07, 6.45) is 12.0. The van der Waals surface area contributed by atoms with Crippen LogP contribution in [0, 0.1) is 11.3 Å². The highest BCUT2D eigenvalue weighted by Gasteiger charge is 2.19. The summed E-state index contributed by atoms with van der Waals surface area (Å²) in [6.45, 7) is 2.21. The minimum atomic E-state index is -0.649. The molecule has 0 bridgehead atoms. The molecule has 108 valence electrons. The Bertz CT molecular complexity index is 422. The molecule has 0 amide bonds. The first-order chi connectivity index (χ1) is 9.79. The van der Waals surface area contributed by atoms with Crippen molar-refractivity contribution in [1.82, 2.24) is 4.98 Å². The van der Waals surface area contributed by atoms with Crippen molar-refractivity contribution in [2.75, 3.05) is 0 Å². The van der Waals surface area contributed by atoms with Gasteiger partial charge in [0.1, 0.15) is 5.92 Å². The second-order valence-electron chi connectivity index (χ2n) is 5.19. The number of hydrogen-bond donors (Lipinski definition) is 0. The summed E-state index contributed by atoms with van der Waals surface area (Å²) in [4.78, 5) is 16.0. The predicted molar refractivity (Wildman–Crippen MR) is 80.2 cm³/mol. The predicted octanol–water partition coefficient (Wildman–Crippen LogP) is 4.40. The molecule has 3 nitrogen and oxygen atoms in total. The quantitative estimate of drug-likeness (QED) is 0.593. The van der Waals surface area contributed by atoms with E-state index in [1.807, 2.05) is 0 Å². The van der Waals surface area contributed by atoms with Gasteiger partial charge in [0.25, 0.3) is 0 Å². The van der Waals surface area contributed by atoms with Crippen molar-refractivity contribution in [2.45, 2.75) is 64.2 Å². The number of unbranched alkanes of at least 4 members (excludes halogenated alkanes) is 6. The Labute approximate surface area is 122 Å². The van der Waals surface area contributed by atoms with Crippen molar-refractivity contribution >= 4 is 5.78 Å². The zero-order valence-electron chi connectivity index (χ0n) is 12.3. The largest absolute Gasteiger partial charge is 0.298 e. The third-order valence-electron chi connectivity index (χ3n) is 3.50. The van der Waals surface area contributed by atoms with E-state index in [9.17, 15) is 4.79 Å². The molecule has 0 saturated heterocycles. The fraction of sp³-hybridized carbons (Fsp3) is 0.588. The number of Topliss-reactive ketones (excluding diaryl/α,β-unsaturated/α-hetero) is 1. The van der Waals surface area contributed by atoms with Crippen molar-refractivity contribution in [1.29, 1.82) is 5.26 Å². The molecule has 0 aromatic carbocycles. The van der Waals surface area contributed by atoms with Crippen molar-refractivity contribution in [3.63, 3.8) is 0 Å². The van der Waals surface area contributed by atoms with Crippen LogP contribution in [0.4, 0.5) is 0 Å². The molecule has 0 N–H and O–H groups in total. The molecular formula is C17H24N2O. The fourth-order valence-electron chi connectivity index (χ4n) is 2.28. The second kappa shape index (κ2) is 10.1. The van der Waals surface area contributed by atoms with Gasteiger partial charge >= 0.3 is 0 Å². The van der Waals surface area contributed by atoms with Gasteiger partial charge in [-0.05, 0) is 18.1 Å². The van der Waals surface area contributed by atoms with E-state index >= 15 is 0 Å². The molecule has 1 aromatic rings. The number of hydrogen-bond acceptors (Lipinski definition) is 3. The number of aromatic nitrogens is 1. The van der Waals surface area contributed by atoms with E-state index < -0.39 is 5.92 Å². The zero-order chi connectivity index (χ0) is 14.6. The summed E-state index contributed by atoms with van der Waals surface area (Å²) in [5.74, 6) is -0.627. The topological polar surface area (TPSA) is 53.8 Å². The van der Waals surface area contributed by atoms with Crippen LogP contribution < -0.4 is 0 Å². The zero-order valence-corrected chi connectivity index (χ0v) is 12.3. The molecule has 20 heavy (non-hydrogen) atoms. The van der Waals surface area contributed by atoms with Crippen LogP contribution in [-0.4, -0.2) is 10.8 Å². The maximum absolute atomic E-state index is 12.1. The molecule has 0 saturated carbocycles. The first-order valence-corrected chi connectivity index (χ1v) is 7.61. The number of nitrogens with zero attached hydrogens (tertiary/aromatic N) is 2. The van der Waals surface area contributed by atoms with Crippen molar-refractivity contribution < 1.29 is 4.79 Å². The van der Waals surface area contributed by atoms with Crippen molar-refractivity contribution in [3.05, 3.63) is 30.1 Å². The van der Waals surface area contributed by atoms with E-state index in [-0.39, 0.29) is 5.78 Å². The van der Waals surface area contributed by atoms with E-state index in [0.717, 1.165) is 12.8 Å². The molecule has 0 aliphatic rings. The Hall–Kier alpha value is -1.69. The molecule has 1 rings (SSSR count). The monoisotopic (exact) mass is 272 g/mol. The van der Waals surface area contributed by atoms with Gasteiger partial charge in [-0.1, -0.05) is 51.5 Å². The lowest BCUT2D eigenvalue weighted by Crippen LogP contribution is -2.10. The van der Waals surface area contributed by atoms with Crippen LogP contribution in [0.15, 0.2) is 24.5 Å². The molecule has 1 unspecified atom stereocenters. The number of nitriles is 1. The van der Waals surface area contributed by atoms with E-state index in [1.165, 1.54) is 32.1 Å². The number of ketones is 1. The van der Waals surface area contributed by atoms with Gasteiger partial charge < -0.3 is 0 Å². The first kappa shape index (κ1) is 16.4. The molecule has 3 heteroatoms. The van der Waals surface area contributed by atoms with Crippen LogP contribution >= 0.6 is 0 Å². The lowest BCUT2D eigenvalue weighted by atomic mass is 9.94. The van der Waals surface area contributed by atoms with E-state index in [2.05, 4.69) is 18.0 Å². The number of carbonyl (C=O) groups excluding carboxylic acids is 1. The maximum atomic E-state index is 12.1. The van der Waals surface area contributed by atoms with Gasteiger partial charge in [-0.3, -0.25) is 9.78 Å². The van der Waals surface area contributed by atoms with Gasteiger partial charge in [0.05, 0.1) is 6.07 Å². The van der Waals surface area contributed by atoms with Crippen LogP contribution in [0.25, 0.3) is 0 Å². The highest BCUT2D eigenvalue weighted by atomic mass is 16.1. The highest BCUT2D eigenvalue weighted by molar-refractivity contribution is 5.88. The Balaban J connectivity index is 2.26. The SMILES string of the molecule is CCCCCCCCCC(=O)C(C#N)c1cccnc1. The summed E-state index contributed by atoms with van der Waals surface area (Å²) in [5, 5.41) is 9.15. The van der Waals surface area contributed by atoms with Crippen LogP contribution in [0.5, 0.6) is 0 Å². The molecule has 0 fully saturated rings. The highest BCUT2D eigenvalue weighted by Crippen LogP contribution is 2.18. The van der Waals surface area contributed by atoms with Gasteiger partial charge in [0, 0.05) is 18.8 Å². The minimum Gasteiger partial charge on any atom is -0.298 e. The van der Waals surface area contributed by atoms with E-state index in [4.69, 9.17) is 5.26 Å². The van der Waals surface area contributed by atoms with Crippen LogP contribution in [0.2, 0.25) is 0 Å². The van der Waals surface area contributed by atoms with Crippen LogP contribution in [0.1, 0.15) is 69.8 Å². The molecule has 0 aliphatic heterocycles. The molecule has 1 atom stereocenters. The molecule has 0 spiro atoms. The number of rotatable bonds is 10. The van der Waals surface area contributed by atoms with E-state index in [0.29, 0.717) is 12.0 Å². The smallest absolute Gasteiger partial charge is 0.154 e. The Kier molecular flexibility index (Phi) is 8.30. The van der Waals surface area contributed by atoms with E-state index in [1.54, 1.807) is 24.5 Å². The van der Waals surface area contributed by atoms with Crippen molar-refractivity contribution in [2.24, 2.45) is 0 Å². The molecule has 1 aromatic heterocycles. The minimum absolute atomic E-state index is 0.0223. The summed E-state index contributed by atoms with van der Waals surface area (Å²) in [7, 11) is 0. The Morgan fingerprint density at radius 2 is 1.95 bits per heavy atom. The standard InChI is InChI=1S/C17H24N2O/c1-2-3-4-5-6-7-8-11-17(20)16(13-18)15-10-9-12-19-14-15/h9-10,12,14,16H,2-8,11H2,1H3. The average Bonchev–Trinajstić information content (AvgIpc) is 2.48. The molecular weight excluding hydrogens is 248 g/mol.